The Hall–Kier alpha value is -1.95. The summed E-state index contributed by atoms with van der Waals surface area (Å²) >= 11 is 1.67. The Morgan fingerprint density at radius 2 is 2.06 bits per heavy atom. The van der Waals surface area contributed by atoms with Crippen molar-refractivity contribution in [2.24, 2.45) is 0 Å². The van der Waals surface area contributed by atoms with E-state index < -0.39 is 0 Å². The first-order valence-electron chi connectivity index (χ1n) is 5.72. The SMILES string of the molecule is CCSc1[nH]n2c(-c3ccccc3)nnc2c1N. The Morgan fingerprint density at radius 1 is 1.28 bits per heavy atom. The van der Waals surface area contributed by atoms with E-state index in [1.807, 2.05) is 34.8 Å². The number of hydrogen-bond donors (Lipinski definition) is 2. The predicted molar refractivity (Wildman–Crippen MR) is 73.6 cm³/mol. The lowest BCUT2D eigenvalue weighted by molar-refractivity contribution is 0.906. The van der Waals surface area contributed by atoms with Crippen LogP contribution in [0.25, 0.3) is 17.0 Å². The first kappa shape index (κ1) is 11.2. The summed E-state index contributed by atoms with van der Waals surface area (Å²) in [7, 11) is 0. The molecule has 0 unspecified atom stereocenters. The van der Waals surface area contributed by atoms with Gasteiger partial charge in [-0.2, -0.15) is 0 Å². The molecule has 0 aliphatic heterocycles. The molecule has 0 bridgehead atoms. The van der Waals surface area contributed by atoms with Crippen LogP contribution in [-0.2, 0) is 0 Å². The maximum atomic E-state index is 6.04. The Kier molecular flexibility index (Phi) is 2.71. The fourth-order valence-corrected chi connectivity index (χ4v) is 2.55. The standard InChI is InChI=1S/C12H13N5S/c1-2-18-12-9(13)11-15-14-10(17(11)16-12)8-6-4-3-5-7-8/h3-7,16H,2,13H2,1H3. The summed E-state index contributed by atoms with van der Waals surface area (Å²) in [5.74, 6) is 1.74. The third-order valence-electron chi connectivity index (χ3n) is 2.68. The van der Waals surface area contributed by atoms with Gasteiger partial charge in [-0.25, -0.2) is 4.52 Å². The van der Waals surface area contributed by atoms with Gasteiger partial charge in [0, 0.05) is 5.56 Å². The molecule has 18 heavy (non-hydrogen) atoms. The number of nitrogens with zero attached hydrogens (tertiary/aromatic N) is 3. The highest BCUT2D eigenvalue weighted by Gasteiger charge is 2.15. The zero-order valence-corrected chi connectivity index (χ0v) is 10.7. The van der Waals surface area contributed by atoms with Crippen LogP contribution in [0, 0.1) is 0 Å². The van der Waals surface area contributed by atoms with Crippen molar-refractivity contribution in [3.05, 3.63) is 30.3 Å². The zero-order chi connectivity index (χ0) is 12.5. The third kappa shape index (κ3) is 1.65. The highest BCUT2D eigenvalue weighted by molar-refractivity contribution is 7.99. The second-order valence-electron chi connectivity index (χ2n) is 3.84. The Morgan fingerprint density at radius 3 is 2.78 bits per heavy atom. The molecule has 0 saturated heterocycles. The van der Waals surface area contributed by atoms with Gasteiger partial charge < -0.3 is 5.73 Å². The summed E-state index contributed by atoms with van der Waals surface area (Å²) in [6.45, 7) is 2.09. The number of H-pyrrole nitrogens is 1. The first-order chi connectivity index (χ1) is 8.81. The van der Waals surface area contributed by atoms with Gasteiger partial charge in [0.05, 0.1) is 0 Å². The lowest BCUT2D eigenvalue weighted by Crippen LogP contribution is -1.90. The van der Waals surface area contributed by atoms with Gasteiger partial charge in [0.15, 0.2) is 5.82 Å². The largest absolute Gasteiger partial charge is 0.393 e. The summed E-state index contributed by atoms with van der Waals surface area (Å²) in [5, 5.41) is 12.5. The van der Waals surface area contributed by atoms with Gasteiger partial charge in [-0.05, 0) is 5.75 Å². The van der Waals surface area contributed by atoms with E-state index in [4.69, 9.17) is 5.73 Å². The van der Waals surface area contributed by atoms with Gasteiger partial charge in [0.1, 0.15) is 10.7 Å². The first-order valence-corrected chi connectivity index (χ1v) is 6.70. The van der Waals surface area contributed by atoms with Crippen LogP contribution in [0.5, 0.6) is 0 Å². The maximum absolute atomic E-state index is 6.04. The molecule has 0 radical (unpaired) electrons. The summed E-state index contributed by atoms with van der Waals surface area (Å²) in [5.41, 5.74) is 8.40. The number of fused-ring (bicyclic) bond motifs is 1. The zero-order valence-electron chi connectivity index (χ0n) is 9.92. The molecule has 0 aliphatic carbocycles. The van der Waals surface area contributed by atoms with E-state index in [9.17, 15) is 0 Å². The van der Waals surface area contributed by atoms with E-state index in [2.05, 4.69) is 22.2 Å². The van der Waals surface area contributed by atoms with Gasteiger partial charge in [-0.3, -0.25) is 5.10 Å². The predicted octanol–water partition coefficient (Wildman–Crippen LogP) is 2.42. The third-order valence-corrected chi connectivity index (χ3v) is 3.57. The minimum Gasteiger partial charge on any atom is -0.393 e. The minimum atomic E-state index is 0.663. The Balaban J connectivity index is 2.17. The van der Waals surface area contributed by atoms with Crippen LogP contribution >= 0.6 is 11.8 Å². The number of nitrogens with two attached hydrogens (primary N) is 1. The number of benzene rings is 1. The fourth-order valence-electron chi connectivity index (χ4n) is 1.86. The molecule has 3 N–H and O–H groups in total. The maximum Gasteiger partial charge on any atom is 0.201 e. The average molecular weight is 259 g/mol. The number of aromatic nitrogens is 4. The molecule has 3 rings (SSSR count). The lowest BCUT2D eigenvalue weighted by Gasteiger charge is -1.97. The molecule has 2 aromatic heterocycles. The molecule has 0 atom stereocenters. The molecule has 3 aromatic rings. The quantitative estimate of drug-likeness (QED) is 0.708. The second kappa shape index (κ2) is 4.38. The van der Waals surface area contributed by atoms with E-state index in [0.29, 0.717) is 11.3 Å². The van der Waals surface area contributed by atoms with Crippen LogP contribution < -0.4 is 5.73 Å². The number of thioether (sulfide) groups is 1. The highest BCUT2D eigenvalue weighted by Crippen LogP contribution is 2.29. The summed E-state index contributed by atoms with van der Waals surface area (Å²) in [6, 6.07) is 9.93. The molecule has 2 heterocycles. The van der Waals surface area contributed by atoms with Crippen LogP contribution in [-0.4, -0.2) is 25.6 Å². The molecule has 0 fully saturated rings. The van der Waals surface area contributed by atoms with Gasteiger partial charge >= 0.3 is 0 Å². The van der Waals surface area contributed by atoms with Crippen LogP contribution in [0.2, 0.25) is 0 Å². The van der Waals surface area contributed by atoms with Crippen LogP contribution in [0.1, 0.15) is 6.92 Å². The van der Waals surface area contributed by atoms with E-state index in [1.54, 1.807) is 11.8 Å². The topological polar surface area (TPSA) is 72.0 Å². The van der Waals surface area contributed by atoms with Gasteiger partial charge in [0.25, 0.3) is 0 Å². The molecule has 0 spiro atoms. The number of nitrogens with one attached hydrogen (secondary N) is 1. The van der Waals surface area contributed by atoms with Gasteiger partial charge in [0.2, 0.25) is 5.65 Å². The highest BCUT2D eigenvalue weighted by atomic mass is 32.2. The van der Waals surface area contributed by atoms with Gasteiger partial charge in [-0.1, -0.05) is 37.3 Å². The second-order valence-corrected chi connectivity index (χ2v) is 5.11. The monoisotopic (exact) mass is 259 g/mol. The van der Waals surface area contributed by atoms with Crippen molar-refractivity contribution < 1.29 is 0 Å². The van der Waals surface area contributed by atoms with Crippen LogP contribution in [0.3, 0.4) is 0 Å². The summed E-state index contributed by atoms with van der Waals surface area (Å²) < 4.78 is 1.84. The van der Waals surface area contributed by atoms with E-state index in [0.717, 1.165) is 22.2 Å². The molecule has 92 valence electrons. The van der Waals surface area contributed by atoms with E-state index >= 15 is 0 Å². The molecule has 0 amide bonds. The van der Waals surface area contributed by atoms with Crippen molar-refractivity contribution in [1.82, 2.24) is 19.8 Å². The van der Waals surface area contributed by atoms with Crippen molar-refractivity contribution in [2.45, 2.75) is 11.9 Å². The van der Waals surface area contributed by atoms with Crippen molar-refractivity contribution in [3.8, 4) is 11.4 Å². The van der Waals surface area contributed by atoms with Crippen LogP contribution in [0.15, 0.2) is 35.4 Å². The van der Waals surface area contributed by atoms with Crippen LogP contribution in [0.4, 0.5) is 5.69 Å². The minimum absolute atomic E-state index is 0.663. The Bertz CT molecular complexity index is 670. The molecular formula is C12H13N5S. The number of hydrogen-bond acceptors (Lipinski definition) is 4. The fraction of sp³-hybridized carbons (Fsp3) is 0.167. The van der Waals surface area contributed by atoms with E-state index in [-0.39, 0.29) is 0 Å². The normalized spacial score (nSPS) is 11.2. The summed E-state index contributed by atoms with van der Waals surface area (Å²) in [4.78, 5) is 0. The average Bonchev–Trinajstić information content (AvgIpc) is 2.93. The number of anilines is 1. The van der Waals surface area contributed by atoms with Crippen molar-refractivity contribution in [2.75, 3.05) is 11.5 Å². The van der Waals surface area contributed by atoms with Crippen molar-refractivity contribution in [3.63, 3.8) is 0 Å². The van der Waals surface area contributed by atoms with Crippen molar-refractivity contribution in [1.29, 1.82) is 0 Å². The molecule has 0 aliphatic rings. The lowest BCUT2D eigenvalue weighted by atomic mass is 10.2. The van der Waals surface area contributed by atoms with Crippen molar-refractivity contribution >= 4 is 23.1 Å². The number of nitrogen functional groups attached to an aromatic ring is 1. The Labute approximate surface area is 108 Å². The smallest absolute Gasteiger partial charge is 0.201 e. The molecule has 6 heteroatoms. The van der Waals surface area contributed by atoms with Gasteiger partial charge in [-0.15, -0.1) is 22.0 Å². The molecule has 1 aromatic carbocycles. The number of aromatic amines is 1. The molecule has 0 saturated carbocycles. The number of rotatable bonds is 3. The summed E-state index contributed by atoms with van der Waals surface area (Å²) in [6.07, 6.45) is 0. The molecule has 5 nitrogen and oxygen atoms in total. The molecular weight excluding hydrogens is 246 g/mol. The van der Waals surface area contributed by atoms with E-state index in [1.165, 1.54) is 0 Å².